The molecule has 0 atom stereocenters. The van der Waals surface area contributed by atoms with Crippen LogP contribution in [0, 0.1) is 0 Å². The van der Waals surface area contributed by atoms with Crippen molar-refractivity contribution in [1.82, 2.24) is 9.13 Å². The maximum Gasteiger partial charge on any atom is 0.0548 e. The fourth-order valence-electron chi connectivity index (χ4n) is 7.37. The molecule has 10 rings (SSSR count). The van der Waals surface area contributed by atoms with Crippen LogP contribution in [-0.4, -0.2) is 9.13 Å². The number of para-hydroxylation sites is 2. The van der Waals surface area contributed by atoms with Gasteiger partial charge >= 0.3 is 0 Å². The zero-order valence-electron chi connectivity index (χ0n) is 24.3. The van der Waals surface area contributed by atoms with Crippen molar-refractivity contribution in [2.24, 2.45) is 0 Å². The second kappa shape index (κ2) is 9.43. The average molecular weight is 591 g/mol. The highest BCUT2D eigenvalue weighted by Gasteiger charge is 2.20. The Labute approximate surface area is 263 Å². The van der Waals surface area contributed by atoms with Gasteiger partial charge in [-0.3, -0.25) is 0 Å². The SMILES string of the molecule is c1ccc(-c2ccc(-n3c4ccc(-n5c6ccccc6c6ccccc65)cc4c4c5c(ccc43)sc3ccccc35)cc2)cc1. The molecule has 210 valence electrons. The van der Waals surface area contributed by atoms with Gasteiger partial charge in [-0.1, -0.05) is 97.1 Å². The summed E-state index contributed by atoms with van der Waals surface area (Å²) < 4.78 is 7.52. The number of aromatic nitrogens is 2. The van der Waals surface area contributed by atoms with Gasteiger partial charge in [0, 0.05) is 53.1 Å². The van der Waals surface area contributed by atoms with Gasteiger partial charge in [0.25, 0.3) is 0 Å². The summed E-state index contributed by atoms with van der Waals surface area (Å²) >= 11 is 1.88. The molecule has 0 fully saturated rings. The van der Waals surface area contributed by atoms with E-state index in [2.05, 4.69) is 167 Å². The Balaban J connectivity index is 1.31. The Morgan fingerprint density at radius 2 is 0.889 bits per heavy atom. The summed E-state index contributed by atoms with van der Waals surface area (Å²) in [6, 6.07) is 57.6. The Morgan fingerprint density at radius 1 is 0.333 bits per heavy atom. The minimum atomic E-state index is 1.16. The van der Waals surface area contributed by atoms with E-state index in [1.54, 1.807) is 0 Å². The van der Waals surface area contributed by atoms with Crippen molar-refractivity contribution >= 4 is 75.1 Å². The van der Waals surface area contributed by atoms with Crippen molar-refractivity contribution in [3.05, 3.63) is 158 Å². The average Bonchev–Trinajstić information content (AvgIpc) is 3.76. The Kier molecular flexibility index (Phi) is 5.19. The van der Waals surface area contributed by atoms with Crippen LogP contribution in [0.25, 0.3) is 86.3 Å². The summed E-state index contributed by atoms with van der Waals surface area (Å²) in [5.41, 5.74) is 9.69. The molecule has 0 N–H and O–H groups in total. The number of hydrogen-bond donors (Lipinski definition) is 0. The van der Waals surface area contributed by atoms with E-state index in [-0.39, 0.29) is 0 Å². The van der Waals surface area contributed by atoms with Gasteiger partial charge in [-0.25, -0.2) is 0 Å². The second-order valence-corrected chi connectivity index (χ2v) is 12.8. The molecule has 45 heavy (non-hydrogen) atoms. The fourth-order valence-corrected chi connectivity index (χ4v) is 8.48. The van der Waals surface area contributed by atoms with E-state index in [4.69, 9.17) is 0 Å². The molecule has 3 heterocycles. The van der Waals surface area contributed by atoms with E-state index in [0.717, 1.165) is 5.69 Å². The molecule has 10 aromatic rings. The molecular weight excluding hydrogens is 565 g/mol. The van der Waals surface area contributed by atoms with E-state index in [1.807, 2.05) is 11.3 Å². The van der Waals surface area contributed by atoms with Gasteiger partial charge in [-0.15, -0.1) is 11.3 Å². The predicted molar refractivity (Wildman–Crippen MR) is 193 cm³/mol. The molecule has 0 aliphatic carbocycles. The number of thiophene rings is 1. The van der Waals surface area contributed by atoms with Crippen molar-refractivity contribution < 1.29 is 0 Å². The Morgan fingerprint density at radius 3 is 1.64 bits per heavy atom. The van der Waals surface area contributed by atoms with Crippen LogP contribution in [0.15, 0.2) is 158 Å². The zero-order chi connectivity index (χ0) is 29.5. The normalized spacial score (nSPS) is 12.0. The van der Waals surface area contributed by atoms with E-state index < -0.39 is 0 Å². The summed E-state index contributed by atoms with van der Waals surface area (Å²) in [6.07, 6.45) is 0. The molecular formula is C42H26N2S. The molecule has 0 radical (unpaired) electrons. The minimum Gasteiger partial charge on any atom is -0.309 e. The molecule has 0 aliphatic heterocycles. The van der Waals surface area contributed by atoms with Crippen molar-refractivity contribution in [3.8, 4) is 22.5 Å². The van der Waals surface area contributed by atoms with Gasteiger partial charge in [-0.05, 0) is 71.8 Å². The summed E-state index contributed by atoms with van der Waals surface area (Å²) in [5.74, 6) is 0. The molecule has 0 saturated heterocycles. The van der Waals surface area contributed by atoms with Crippen LogP contribution in [-0.2, 0) is 0 Å². The fraction of sp³-hybridized carbons (Fsp3) is 0. The number of fused-ring (bicyclic) bond motifs is 10. The number of rotatable bonds is 3. The molecule has 0 saturated carbocycles. The third-order valence-corrected chi connectivity index (χ3v) is 10.5. The maximum atomic E-state index is 2.45. The van der Waals surface area contributed by atoms with Crippen molar-refractivity contribution in [3.63, 3.8) is 0 Å². The van der Waals surface area contributed by atoms with E-state index >= 15 is 0 Å². The van der Waals surface area contributed by atoms with Crippen molar-refractivity contribution in [1.29, 1.82) is 0 Å². The Hall–Kier alpha value is -5.64. The standard InChI is InChI=1S/C42H26N2S/c1-2-10-27(11-3-1)28-18-20-29(21-19-28)43-37-23-22-30(44-35-15-7-4-12-31(35)32-13-5-8-16-36(32)44)26-34(37)41-38(43)24-25-40-42(41)33-14-6-9-17-39(33)45-40/h1-26H. The quantitative estimate of drug-likeness (QED) is 0.194. The molecule has 0 amide bonds. The lowest BCUT2D eigenvalue weighted by Crippen LogP contribution is -1.95. The predicted octanol–water partition coefficient (Wildman–Crippen LogP) is 11.9. The second-order valence-electron chi connectivity index (χ2n) is 11.8. The Bertz CT molecular complexity index is 2690. The number of hydrogen-bond acceptors (Lipinski definition) is 1. The van der Waals surface area contributed by atoms with Crippen LogP contribution >= 0.6 is 11.3 Å². The molecule has 7 aromatic carbocycles. The highest BCUT2D eigenvalue weighted by molar-refractivity contribution is 7.26. The van der Waals surface area contributed by atoms with Gasteiger partial charge < -0.3 is 9.13 Å². The van der Waals surface area contributed by atoms with E-state index in [9.17, 15) is 0 Å². The molecule has 2 nitrogen and oxygen atoms in total. The molecule has 0 unspecified atom stereocenters. The smallest absolute Gasteiger partial charge is 0.0548 e. The van der Waals surface area contributed by atoms with Crippen LogP contribution < -0.4 is 0 Å². The summed E-state index contributed by atoms with van der Waals surface area (Å²) in [5, 5.41) is 7.81. The van der Waals surface area contributed by atoms with Crippen LogP contribution in [0.3, 0.4) is 0 Å². The van der Waals surface area contributed by atoms with Gasteiger partial charge in [0.2, 0.25) is 0 Å². The lowest BCUT2D eigenvalue weighted by atomic mass is 10.0. The minimum absolute atomic E-state index is 1.16. The first kappa shape index (κ1) is 24.8. The van der Waals surface area contributed by atoms with E-state index in [0.29, 0.717) is 0 Å². The topological polar surface area (TPSA) is 9.86 Å². The highest BCUT2D eigenvalue weighted by Crippen LogP contribution is 2.44. The van der Waals surface area contributed by atoms with Gasteiger partial charge in [-0.2, -0.15) is 0 Å². The van der Waals surface area contributed by atoms with Crippen LogP contribution in [0.1, 0.15) is 0 Å². The lowest BCUT2D eigenvalue weighted by molar-refractivity contribution is 1.17. The van der Waals surface area contributed by atoms with Crippen LogP contribution in [0.2, 0.25) is 0 Å². The van der Waals surface area contributed by atoms with Crippen molar-refractivity contribution in [2.75, 3.05) is 0 Å². The summed E-state index contributed by atoms with van der Waals surface area (Å²) in [4.78, 5) is 0. The number of nitrogens with zero attached hydrogens (tertiary/aromatic N) is 2. The molecule has 0 bridgehead atoms. The summed E-state index contributed by atoms with van der Waals surface area (Å²) in [6.45, 7) is 0. The van der Waals surface area contributed by atoms with E-state index in [1.165, 1.54) is 80.6 Å². The maximum absolute atomic E-state index is 2.45. The first-order valence-corrected chi connectivity index (χ1v) is 16.2. The van der Waals surface area contributed by atoms with Gasteiger partial charge in [0.15, 0.2) is 0 Å². The summed E-state index contributed by atoms with van der Waals surface area (Å²) in [7, 11) is 0. The first-order chi connectivity index (χ1) is 22.3. The van der Waals surface area contributed by atoms with Crippen LogP contribution in [0.5, 0.6) is 0 Å². The van der Waals surface area contributed by atoms with Crippen molar-refractivity contribution in [2.45, 2.75) is 0 Å². The third kappa shape index (κ3) is 3.56. The van der Waals surface area contributed by atoms with Crippen LogP contribution in [0.4, 0.5) is 0 Å². The molecule has 3 aromatic heterocycles. The van der Waals surface area contributed by atoms with Gasteiger partial charge in [0.05, 0.1) is 22.1 Å². The largest absolute Gasteiger partial charge is 0.309 e. The van der Waals surface area contributed by atoms with Gasteiger partial charge in [0.1, 0.15) is 0 Å². The molecule has 0 spiro atoms. The lowest BCUT2D eigenvalue weighted by Gasteiger charge is -2.11. The third-order valence-electron chi connectivity index (χ3n) is 9.32. The molecule has 0 aliphatic rings. The highest BCUT2D eigenvalue weighted by atomic mass is 32.1. The zero-order valence-corrected chi connectivity index (χ0v) is 25.1. The first-order valence-electron chi connectivity index (χ1n) is 15.4. The molecule has 3 heteroatoms. The number of benzene rings is 7. The monoisotopic (exact) mass is 590 g/mol.